The molecule has 3 heterocycles. The number of hydrogen-bond donors (Lipinski definition) is 0. The molecule has 0 saturated carbocycles. The Morgan fingerprint density at radius 3 is 2.80 bits per heavy atom. The minimum Gasteiger partial charge on any atom is -0.376 e. The highest BCUT2D eigenvalue weighted by molar-refractivity contribution is 7.09. The molecule has 1 saturated heterocycles. The van der Waals surface area contributed by atoms with Crippen molar-refractivity contribution in [3.05, 3.63) is 45.8 Å². The van der Waals surface area contributed by atoms with E-state index < -0.39 is 11.9 Å². The summed E-state index contributed by atoms with van der Waals surface area (Å²) in [5.41, 5.74) is -0.868. The molecular weight excluding hydrogens is 351 g/mol. The lowest BCUT2D eigenvalue weighted by Gasteiger charge is -2.27. The molecule has 2 aromatic heterocycles. The Morgan fingerprint density at radius 1 is 1.36 bits per heavy atom. The second-order valence-electron chi connectivity index (χ2n) is 5.77. The summed E-state index contributed by atoms with van der Waals surface area (Å²) in [7, 11) is 0. The van der Waals surface area contributed by atoms with Crippen molar-refractivity contribution in [1.82, 2.24) is 4.98 Å². The van der Waals surface area contributed by atoms with Crippen molar-refractivity contribution < 1.29 is 17.9 Å². The number of hydrogen-bond acceptors (Lipinski definition) is 5. The second kappa shape index (κ2) is 7.42. The van der Waals surface area contributed by atoms with Gasteiger partial charge < -0.3 is 9.64 Å². The molecule has 1 unspecified atom stereocenters. The van der Waals surface area contributed by atoms with E-state index in [1.165, 1.54) is 17.4 Å². The zero-order chi connectivity index (χ0) is 17.9. The summed E-state index contributed by atoms with van der Waals surface area (Å²) in [4.78, 5) is 6.47. The van der Waals surface area contributed by atoms with E-state index >= 15 is 0 Å². The second-order valence-corrected chi connectivity index (χ2v) is 6.80. The van der Waals surface area contributed by atoms with E-state index in [9.17, 15) is 18.4 Å². The number of nitrogens with zero attached hydrogens (tertiary/aromatic N) is 3. The molecule has 132 valence electrons. The maximum atomic E-state index is 13.1. The van der Waals surface area contributed by atoms with Gasteiger partial charge >= 0.3 is 6.18 Å². The summed E-state index contributed by atoms with van der Waals surface area (Å²) in [6, 6.07) is 7.77. The minimum atomic E-state index is -4.55. The van der Waals surface area contributed by atoms with E-state index in [4.69, 9.17) is 4.74 Å². The highest BCUT2D eigenvalue weighted by atomic mass is 32.1. The van der Waals surface area contributed by atoms with Crippen molar-refractivity contribution in [3.63, 3.8) is 0 Å². The standard InChI is InChI=1S/C17H16F3N3OS/c18-17(19,20)15-6-5-12(9-21)16(22-15)23(10-13-3-1-7-24-13)11-14-4-2-8-25-14/h2,4-6,8,13H,1,3,7,10-11H2. The average Bonchev–Trinajstić information content (AvgIpc) is 3.26. The fourth-order valence-corrected chi connectivity index (χ4v) is 3.50. The number of aromatic nitrogens is 1. The normalized spacial score (nSPS) is 17.4. The summed E-state index contributed by atoms with van der Waals surface area (Å²) >= 11 is 1.51. The first-order valence-electron chi connectivity index (χ1n) is 7.84. The zero-order valence-electron chi connectivity index (χ0n) is 13.3. The third kappa shape index (κ3) is 4.30. The fraction of sp³-hybridized carbons (Fsp3) is 0.412. The van der Waals surface area contributed by atoms with Crippen LogP contribution >= 0.6 is 11.3 Å². The van der Waals surface area contributed by atoms with Crippen molar-refractivity contribution in [3.8, 4) is 6.07 Å². The summed E-state index contributed by atoms with van der Waals surface area (Å²) in [5.74, 6) is 0.0567. The van der Waals surface area contributed by atoms with Crippen LogP contribution in [0.1, 0.15) is 29.0 Å². The van der Waals surface area contributed by atoms with E-state index in [2.05, 4.69) is 4.98 Å². The molecule has 0 aromatic carbocycles. The molecule has 0 aliphatic carbocycles. The first kappa shape index (κ1) is 17.7. The lowest BCUT2D eigenvalue weighted by atomic mass is 10.2. The van der Waals surface area contributed by atoms with Gasteiger partial charge in [-0.05, 0) is 36.4 Å². The van der Waals surface area contributed by atoms with Gasteiger partial charge in [0.2, 0.25) is 0 Å². The molecule has 0 radical (unpaired) electrons. The maximum Gasteiger partial charge on any atom is 0.433 e. The number of pyridine rings is 1. The van der Waals surface area contributed by atoms with Gasteiger partial charge in [-0.15, -0.1) is 11.3 Å². The van der Waals surface area contributed by atoms with Crippen LogP contribution in [0, 0.1) is 11.3 Å². The molecule has 1 fully saturated rings. The lowest BCUT2D eigenvalue weighted by Crippen LogP contribution is -2.33. The molecule has 4 nitrogen and oxygen atoms in total. The minimum absolute atomic E-state index is 0.0567. The van der Waals surface area contributed by atoms with Crippen LogP contribution in [0.2, 0.25) is 0 Å². The van der Waals surface area contributed by atoms with Gasteiger partial charge in [0.25, 0.3) is 0 Å². The number of anilines is 1. The van der Waals surface area contributed by atoms with Crippen LogP contribution in [0.4, 0.5) is 19.0 Å². The third-order valence-electron chi connectivity index (χ3n) is 3.96. The van der Waals surface area contributed by atoms with Crippen LogP contribution in [0.3, 0.4) is 0 Å². The third-order valence-corrected chi connectivity index (χ3v) is 4.82. The smallest absolute Gasteiger partial charge is 0.376 e. The highest BCUT2D eigenvalue weighted by Gasteiger charge is 2.34. The molecule has 1 atom stereocenters. The monoisotopic (exact) mass is 367 g/mol. The molecule has 0 amide bonds. The van der Waals surface area contributed by atoms with E-state index in [0.29, 0.717) is 19.7 Å². The average molecular weight is 367 g/mol. The van der Waals surface area contributed by atoms with Crippen LogP contribution in [-0.2, 0) is 17.5 Å². The Labute approximate surface area is 147 Å². The van der Waals surface area contributed by atoms with Crippen LogP contribution in [0.5, 0.6) is 0 Å². The maximum absolute atomic E-state index is 13.1. The van der Waals surface area contributed by atoms with Crippen molar-refractivity contribution in [2.75, 3.05) is 18.1 Å². The predicted molar refractivity (Wildman–Crippen MR) is 88.3 cm³/mol. The number of ether oxygens (including phenoxy) is 1. The molecule has 1 aliphatic heterocycles. The molecule has 0 bridgehead atoms. The van der Waals surface area contributed by atoms with E-state index in [1.807, 2.05) is 23.6 Å². The van der Waals surface area contributed by atoms with Gasteiger partial charge in [0, 0.05) is 18.0 Å². The Balaban J connectivity index is 1.96. The molecular formula is C17H16F3N3OS. The summed E-state index contributed by atoms with van der Waals surface area (Å²) in [5, 5.41) is 11.2. The molecule has 0 spiro atoms. The van der Waals surface area contributed by atoms with Crippen LogP contribution in [-0.4, -0.2) is 24.2 Å². The largest absolute Gasteiger partial charge is 0.433 e. The van der Waals surface area contributed by atoms with Gasteiger partial charge in [0.1, 0.15) is 17.6 Å². The van der Waals surface area contributed by atoms with Crippen LogP contribution in [0.25, 0.3) is 0 Å². The van der Waals surface area contributed by atoms with E-state index in [1.54, 1.807) is 4.90 Å². The Bertz CT molecular complexity index is 749. The summed E-state index contributed by atoms with van der Waals surface area (Å²) in [6.45, 7) is 1.44. The van der Waals surface area contributed by atoms with Gasteiger partial charge in [-0.2, -0.15) is 18.4 Å². The van der Waals surface area contributed by atoms with Gasteiger partial charge in [0.15, 0.2) is 0 Å². The van der Waals surface area contributed by atoms with Crippen molar-refractivity contribution in [2.24, 2.45) is 0 Å². The number of alkyl halides is 3. The Hall–Kier alpha value is -2.11. The van der Waals surface area contributed by atoms with Crippen LogP contribution < -0.4 is 4.90 Å². The Morgan fingerprint density at radius 2 is 2.20 bits per heavy atom. The SMILES string of the molecule is N#Cc1ccc(C(F)(F)F)nc1N(Cc1cccs1)CC1CCCO1. The number of thiophene rings is 1. The topological polar surface area (TPSA) is 49.2 Å². The fourth-order valence-electron chi connectivity index (χ4n) is 2.79. The molecule has 8 heteroatoms. The van der Waals surface area contributed by atoms with E-state index in [-0.39, 0.29) is 17.5 Å². The number of halogens is 3. The van der Waals surface area contributed by atoms with Gasteiger partial charge in [-0.25, -0.2) is 4.98 Å². The van der Waals surface area contributed by atoms with Gasteiger partial charge in [0.05, 0.1) is 18.2 Å². The zero-order valence-corrected chi connectivity index (χ0v) is 14.1. The lowest BCUT2D eigenvalue weighted by molar-refractivity contribution is -0.141. The molecule has 25 heavy (non-hydrogen) atoms. The van der Waals surface area contributed by atoms with Crippen molar-refractivity contribution >= 4 is 17.2 Å². The predicted octanol–water partition coefficient (Wildman–Crippen LogP) is 4.22. The Kier molecular flexibility index (Phi) is 5.25. The first-order valence-corrected chi connectivity index (χ1v) is 8.72. The molecule has 2 aromatic rings. The highest BCUT2D eigenvalue weighted by Crippen LogP contribution is 2.31. The summed E-state index contributed by atoms with van der Waals surface area (Å²) in [6.07, 6.45) is -2.84. The van der Waals surface area contributed by atoms with Crippen molar-refractivity contribution in [1.29, 1.82) is 5.26 Å². The number of nitriles is 1. The van der Waals surface area contributed by atoms with Crippen LogP contribution in [0.15, 0.2) is 29.6 Å². The summed E-state index contributed by atoms with van der Waals surface area (Å²) < 4.78 is 44.8. The van der Waals surface area contributed by atoms with Crippen molar-refractivity contribution in [2.45, 2.75) is 31.7 Å². The van der Waals surface area contributed by atoms with Gasteiger partial charge in [-0.1, -0.05) is 6.07 Å². The quantitative estimate of drug-likeness (QED) is 0.794. The first-order chi connectivity index (χ1) is 12.0. The number of rotatable bonds is 5. The van der Waals surface area contributed by atoms with E-state index in [0.717, 1.165) is 23.8 Å². The van der Waals surface area contributed by atoms with Gasteiger partial charge in [-0.3, -0.25) is 0 Å². The molecule has 3 rings (SSSR count). The molecule has 1 aliphatic rings. The molecule has 0 N–H and O–H groups in total.